The SMILES string of the molecule is Nc1ccc(COc2cc([N+](=O)[O-])ccc2-c2ccccc2)cc1. The molecule has 0 aliphatic rings. The fraction of sp³-hybridized carbons (Fsp3) is 0.0526. The van der Waals surface area contributed by atoms with Gasteiger partial charge < -0.3 is 10.5 Å². The van der Waals surface area contributed by atoms with E-state index in [2.05, 4.69) is 0 Å². The zero-order valence-corrected chi connectivity index (χ0v) is 12.9. The van der Waals surface area contributed by atoms with Crippen LogP contribution in [0.3, 0.4) is 0 Å². The summed E-state index contributed by atoms with van der Waals surface area (Å²) in [6, 6.07) is 21.6. The van der Waals surface area contributed by atoms with Gasteiger partial charge in [-0.1, -0.05) is 42.5 Å². The molecule has 0 saturated carbocycles. The highest BCUT2D eigenvalue weighted by Gasteiger charge is 2.13. The highest BCUT2D eigenvalue weighted by molar-refractivity contribution is 5.72. The second kappa shape index (κ2) is 6.83. The predicted octanol–water partition coefficient (Wildman–Crippen LogP) is 4.42. The van der Waals surface area contributed by atoms with E-state index in [1.807, 2.05) is 42.5 Å². The first-order valence-corrected chi connectivity index (χ1v) is 7.44. The maximum atomic E-state index is 11.0. The lowest BCUT2D eigenvalue weighted by Gasteiger charge is -2.12. The molecule has 2 N–H and O–H groups in total. The van der Waals surface area contributed by atoms with Crippen molar-refractivity contribution in [2.45, 2.75) is 6.61 Å². The van der Waals surface area contributed by atoms with Crippen molar-refractivity contribution in [1.29, 1.82) is 0 Å². The second-order valence-electron chi connectivity index (χ2n) is 5.33. The Morgan fingerprint density at radius 2 is 1.67 bits per heavy atom. The summed E-state index contributed by atoms with van der Waals surface area (Å²) in [4.78, 5) is 10.6. The van der Waals surface area contributed by atoms with Crippen LogP contribution in [0.25, 0.3) is 11.1 Å². The second-order valence-corrected chi connectivity index (χ2v) is 5.33. The smallest absolute Gasteiger partial charge is 0.273 e. The van der Waals surface area contributed by atoms with Crippen LogP contribution < -0.4 is 10.5 Å². The van der Waals surface area contributed by atoms with Crippen LogP contribution in [0.5, 0.6) is 5.75 Å². The van der Waals surface area contributed by atoms with Crippen LogP contribution in [0.1, 0.15) is 5.56 Å². The van der Waals surface area contributed by atoms with Gasteiger partial charge in [0.1, 0.15) is 12.4 Å². The molecule has 0 radical (unpaired) electrons. The Bertz CT molecular complexity index is 846. The summed E-state index contributed by atoms with van der Waals surface area (Å²) >= 11 is 0. The molecule has 0 aliphatic heterocycles. The third kappa shape index (κ3) is 3.52. The van der Waals surface area contributed by atoms with Crippen molar-refractivity contribution in [1.82, 2.24) is 0 Å². The van der Waals surface area contributed by atoms with Crippen molar-refractivity contribution in [2.24, 2.45) is 0 Å². The van der Waals surface area contributed by atoms with Crippen molar-refractivity contribution in [3.8, 4) is 16.9 Å². The van der Waals surface area contributed by atoms with E-state index in [-0.39, 0.29) is 5.69 Å². The average Bonchev–Trinajstić information content (AvgIpc) is 2.61. The number of rotatable bonds is 5. The molecule has 3 aromatic rings. The van der Waals surface area contributed by atoms with E-state index >= 15 is 0 Å². The molecular weight excluding hydrogens is 304 g/mol. The molecule has 120 valence electrons. The molecule has 3 rings (SSSR count). The van der Waals surface area contributed by atoms with Gasteiger partial charge in [0.05, 0.1) is 11.0 Å². The maximum Gasteiger partial charge on any atom is 0.273 e. The van der Waals surface area contributed by atoms with Crippen LogP contribution in [0, 0.1) is 10.1 Å². The summed E-state index contributed by atoms with van der Waals surface area (Å²) < 4.78 is 5.86. The van der Waals surface area contributed by atoms with E-state index in [0.717, 1.165) is 16.7 Å². The number of nitrogens with zero attached hydrogens (tertiary/aromatic N) is 1. The number of nitro groups is 1. The van der Waals surface area contributed by atoms with Gasteiger partial charge in [0, 0.05) is 17.3 Å². The molecule has 0 amide bonds. The Morgan fingerprint density at radius 1 is 0.958 bits per heavy atom. The van der Waals surface area contributed by atoms with Crippen LogP contribution in [-0.4, -0.2) is 4.92 Å². The summed E-state index contributed by atoms with van der Waals surface area (Å²) in [5.41, 5.74) is 9.05. The van der Waals surface area contributed by atoms with E-state index < -0.39 is 4.92 Å². The third-order valence-corrected chi connectivity index (χ3v) is 3.63. The lowest BCUT2D eigenvalue weighted by atomic mass is 10.0. The minimum Gasteiger partial charge on any atom is -0.488 e. The van der Waals surface area contributed by atoms with Crippen LogP contribution in [-0.2, 0) is 6.61 Å². The minimum absolute atomic E-state index is 0.00184. The molecule has 0 aliphatic carbocycles. The van der Waals surface area contributed by atoms with Crippen molar-refractivity contribution < 1.29 is 9.66 Å². The number of nitrogen functional groups attached to an aromatic ring is 1. The van der Waals surface area contributed by atoms with E-state index in [1.165, 1.54) is 12.1 Å². The molecule has 0 saturated heterocycles. The first kappa shape index (κ1) is 15.6. The van der Waals surface area contributed by atoms with Gasteiger partial charge in [-0.15, -0.1) is 0 Å². The molecular formula is C19H16N2O3. The molecule has 24 heavy (non-hydrogen) atoms. The molecule has 0 fully saturated rings. The third-order valence-electron chi connectivity index (χ3n) is 3.63. The number of hydrogen-bond acceptors (Lipinski definition) is 4. The molecule has 0 aromatic heterocycles. The molecule has 0 bridgehead atoms. The Kier molecular flexibility index (Phi) is 4.43. The van der Waals surface area contributed by atoms with Gasteiger partial charge in [0.25, 0.3) is 5.69 Å². The van der Waals surface area contributed by atoms with E-state index in [9.17, 15) is 10.1 Å². The van der Waals surface area contributed by atoms with Crippen molar-refractivity contribution in [2.75, 3.05) is 5.73 Å². The van der Waals surface area contributed by atoms with Crippen LogP contribution in [0.4, 0.5) is 11.4 Å². The van der Waals surface area contributed by atoms with E-state index in [4.69, 9.17) is 10.5 Å². The summed E-state index contributed by atoms with van der Waals surface area (Å²) in [5, 5.41) is 11.0. The number of ether oxygens (including phenoxy) is 1. The fourth-order valence-corrected chi connectivity index (χ4v) is 2.38. The Labute approximate surface area is 139 Å². The number of benzene rings is 3. The molecule has 3 aromatic carbocycles. The van der Waals surface area contributed by atoms with E-state index in [0.29, 0.717) is 18.0 Å². The topological polar surface area (TPSA) is 78.4 Å². The van der Waals surface area contributed by atoms with Gasteiger partial charge in [-0.3, -0.25) is 10.1 Å². The maximum absolute atomic E-state index is 11.0. The monoisotopic (exact) mass is 320 g/mol. The van der Waals surface area contributed by atoms with Gasteiger partial charge in [0.2, 0.25) is 0 Å². The van der Waals surface area contributed by atoms with Crippen molar-refractivity contribution in [3.63, 3.8) is 0 Å². The highest BCUT2D eigenvalue weighted by Crippen LogP contribution is 2.33. The summed E-state index contributed by atoms with van der Waals surface area (Å²) in [6.45, 7) is 0.307. The number of non-ortho nitro benzene ring substituents is 1. The summed E-state index contributed by atoms with van der Waals surface area (Å²) in [7, 11) is 0. The predicted molar refractivity (Wildman–Crippen MR) is 93.7 cm³/mol. The minimum atomic E-state index is -0.426. The molecule has 0 unspecified atom stereocenters. The normalized spacial score (nSPS) is 10.3. The standard InChI is InChI=1S/C19H16N2O3/c20-16-8-6-14(7-9-16)13-24-19-12-17(21(22)23)10-11-18(19)15-4-2-1-3-5-15/h1-12H,13,20H2. The number of nitro benzene ring substituents is 1. The highest BCUT2D eigenvalue weighted by atomic mass is 16.6. The fourth-order valence-electron chi connectivity index (χ4n) is 2.38. The lowest BCUT2D eigenvalue weighted by Crippen LogP contribution is -1.99. The molecule has 0 heterocycles. The van der Waals surface area contributed by atoms with Crippen LogP contribution in [0.15, 0.2) is 72.8 Å². The molecule has 5 heteroatoms. The van der Waals surface area contributed by atoms with Gasteiger partial charge in [-0.05, 0) is 29.3 Å². The number of nitrogens with two attached hydrogens (primary N) is 1. The van der Waals surface area contributed by atoms with Gasteiger partial charge >= 0.3 is 0 Å². The number of hydrogen-bond donors (Lipinski definition) is 1. The van der Waals surface area contributed by atoms with Crippen LogP contribution >= 0.6 is 0 Å². The molecule has 5 nitrogen and oxygen atoms in total. The number of anilines is 1. The largest absolute Gasteiger partial charge is 0.488 e. The molecule has 0 atom stereocenters. The first-order chi connectivity index (χ1) is 11.6. The summed E-state index contributed by atoms with van der Waals surface area (Å²) in [6.07, 6.45) is 0. The van der Waals surface area contributed by atoms with Crippen molar-refractivity contribution >= 4 is 11.4 Å². The molecule has 0 spiro atoms. The zero-order chi connectivity index (χ0) is 16.9. The van der Waals surface area contributed by atoms with Gasteiger partial charge in [0.15, 0.2) is 0 Å². The van der Waals surface area contributed by atoms with Gasteiger partial charge in [-0.25, -0.2) is 0 Å². The van der Waals surface area contributed by atoms with Crippen molar-refractivity contribution in [3.05, 3.63) is 88.5 Å². The van der Waals surface area contributed by atoms with Crippen LogP contribution in [0.2, 0.25) is 0 Å². The van der Waals surface area contributed by atoms with Gasteiger partial charge in [-0.2, -0.15) is 0 Å². The quantitative estimate of drug-likeness (QED) is 0.429. The average molecular weight is 320 g/mol. The Balaban J connectivity index is 1.92. The first-order valence-electron chi connectivity index (χ1n) is 7.44. The Morgan fingerprint density at radius 3 is 2.33 bits per heavy atom. The summed E-state index contributed by atoms with van der Waals surface area (Å²) in [5.74, 6) is 0.479. The lowest BCUT2D eigenvalue weighted by molar-refractivity contribution is -0.384. The Hall–Kier alpha value is -3.34. The zero-order valence-electron chi connectivity index (χ0n) is 12.9. The van der Waals surface area contributed by atoms with E-state index in [1.54, 1.807) is 18.2 Å².